The smallest absolute Gasteiger partial charge is 0.263 e. The van der Waals surface area contributed by atoms with E-state index in [4.69, 9.17) is 4.98 Å². The average Bonchev–Trinajstić information content (AvgIpc) is 2.76. The van der Waals surface area contributed by atoms with Crippen molar-refractivity contribution in [2.75, 3.05) is 18.0 Å². The molecule has 0 atom stereocenters. The first kappa shape index (κ1) is 18.0. The summed E-state index contributed by atoms with van der Waals surface area (Å²) in [5.41, 5.74) is 2.78. The molecule has 1 aromatic heterocycles. The van der Waals surface area contributed by atoms with Crippen LogP contribution in [0.1, 0.15) is 30.4 Å². The normalized spacial score (nSPS) is 13.9. The Morgan fingerprint density at radius 1 is 0.964 bits per heavy atom. The first-order valence-electron chi connectivity index (χ1n) is 9.66. The zero-order valence-electron chi connectivity index (χ0n) is 15.7. The van der Waals surface area contributed by atoms with E-state index in [2.05, 4.69) is 11.0 Å². The van der Waals surface area contributed by atoms with Gasteiger partial charge in [-0.05, 0) is 36.5 Å². The predicted octanol–water partition coefficient (Wildman–Crippen LogP) is 3.82. The molecule has 0 amide bonds. The van der Waals surface area contributed by atoms with Crippen molar-refractivity contribution in [2.24, 2.45) is 0 Å². The fourth-order valence-electron chi connectivity index (χ4n) is 3.73. The van der Waals surface area contributed by atoms with Crippen molar-refractivity contribution in [1.82, 2.24) is 9.55 Å². The van der Waals surface area contributed by atoms with Crippen LogP contribution in [0, 0.1) is 11.3 Å². The van der Waals surface area contributed by atoms with Gasteiger partial charge in [0.05, 0.1) is 23.7 Å². The molecule has 0 saturated carbocycles. The Kier molecular flexibility index (Phi) is 5.20. The molecule has 0 radical (unpaired) electrons. The Bertz CT molecular complexity index is 1060. The summed E-state index contributed by atoms with van der Waals surface area (Å²) in [6.07, 6.45) is 5.10. The summed E-state index contributed by atoms with van der Waals surface area (Å²) < 4.78 is 1.73. The monoisotopic (exact) mass is 370 g/mol. The van der Waals surface area contributed by atoms with E-state index in [1.54, 1.807) is 16.8 Å². The van der Waals surface area contributed by atoms with E-state index in [9.17, 15) is 10.1 Å². The zero-order valence-corrected chi connectivity index (χ0v) is 15.7. The second kappa shape index (κ2) is 8.10. The van der Waals surface area contributed by atoms with Crippen molar-refractivity contribution >= 4 is 5.95 Å². The molecule has 0 spiro atoms. The van der Waals surface area contributed by atoms with Gasteiger partial charge in [0.2, 0.25) is 5.95 Å². The molecule has 1 fully saturated rings. The van der Waals surface area contributed by atoms with Crippen molar-refractivity contribution in [2.45, 2.75) is 25.8 Å². The van der Waals surface area contributed by atoms with Crippen LogP contribution in [0.25, 0.3) is 11.1 Å². The van der Waals surface area contributed by atoms with Gasteiger partial charge in [-0.15, -0.1) is 0 Å². The van der Waals surface area contributed by atoms with Crippen LogP contribution in [-0.2, 0) is 6.54 Å². The van der Waals surface area contributed by atoms with E-state index >= 15 is 0 Å². The molecule has 5 heteroatoms. The largest absolute Gasteiger partial charge is 0.342 e. The van der Waals surface area contributed by atoms with Gasteiger partial charge in [-0.25, -0.2) is 4.98 Å². The molecule has 3 aromatic rings. The maximum atomic E-state index is 13.5. The van der Waals surface area contributed by atoms with E-state index in [1.807, 2.05) is 48.5 Å². The Morgan fingerprint density at radius 3 is 2.43 bits per heavy atom. The Hall–Kier alpha value is -3.39. The lowest BCUT2D eigenvalue weighted by Gasteiger charge is -2.30. The molecule has 4 rings (SSSR count). The molecule has 0 unspecified atom stereocenters. The maximum absolute atomic E-state index is 13.5. The van der Waals surface area contributed by atoms with Crippen molar-refractivity contribution in [3.05, 3.63) is 82.3 Å². The summed E-state index contributed by atoms with van der Waals surface area (Å²) in [7, 11) is 0. The van der Waals surface area contributed by atoms with E-state index in [0.29, 0.717) is 23.6 Å². The Labute approximate surface area is 164 Å². The average molecular weight is 370 g/mol. The van der Waals surface area contributed by atoms with Gasteiger partial charge in [0.15, 0.2) is 0 Å². The molecule has 2 heterocycles. The third-order valence-electron chi connectivity index (χ3n) is 5.22. The summed E-state index contributed by atoms with van der Waals surface area (Å²) in [5.74, 6) is 0.692. The van der Waals surface area contributed by atoms with Crippen LogP contribution < -0.4 is 10.5 Å². The van der Waals surface area contributed by atoms with E-state index in [-0.39, 0.29) is 5.56 Å². The number of benzene rings is 2. The third-order valence-corrected chi connectivity index (χ3v) is 5.22. The van der Waals surface area contributed by atoms with Gasteiger partial charge in [-0.2, -0.15) is 5.26 Å². The minimum Gasteiger partial charge on any atom is -0.342 e. The predicted molar refractivity (Wildman–Crippen MR) is 110 cm³/mol. The van der Waals surface area contributed by atoms with Crippen LogP contribution >= 0.6 is 0 Å². The van der Waals surface area contributed by atoms with Crippen molar-refractivity contribution in [3.8, 4) is 17.2 Å². The minimum absolute atomic E-state index is 0.0745. The number of aromatic nitrogens is 2. The molecule has 28 heavy (non-hydrogen) atoms. The number of nitriles is 1. The lowest BCUT2D eigenvalue weighted by molar-refractivity contribution is 0.551. The van der Waals surface area contributed by atoms with Gasteiger partial charge in [0, 0.05) is 19.3 Å². The van der Waals surface area contributed by atoms with E-state index in [0.717, 1.165) is 37.1 Å². The number of rotatable bonds is 4. The van der Waals surface area contributed by atoms with Crippen LogP contribution in [0.15, 0.2) is 65.6 Å². The van der Waals surface area contributed by atoms with Gasteiger partial charge in [-0.3, -0.25) is 9.36 Å². The highest BCUT2D eigenvalue weighted by atomic mass is 16.1. The summed E-state index contributed by atoms with van der Waals surface area (Å²) >= 11 is 0. The second-order valence-corrected chi connectivity index (χ2v) is 7.05. The molecular weight excluding hydrogens is 348 g/mol. The molecule has 0 bridgehead atoms. The highest BCUT2D eigenvalue weighted by molar-refractivity contribution is 5.62. The van der Waals surface area contributed by atoms with Crippen molar-refractivity contribution < 1.29 is 0 Å². The zero-order chi connectivity index (χ0) is 19.3. The van der Waals surface area contributed by atoms with Gasteiger partial charge < -0.3 is 4.90 Å². The summed E-state index contributed by atoms with van der Waals surface area (Å²) in [4.78, 5) is 20.3. The highest BCUT2D eigenvalue weighted by Crippen LogP contribution is 2.21. The van der Waals surface area contributed by atoms with Crippen LogP contribution in [0.2, 0.25) is 0 Å². The van der Waals surface area contributed by atoms with Crippen LogP contribution in [-0.4, -0.2) is 22.6 Å². The quantitative estimate of drug-likeness (QED) is 0.700. The Balaban J connectivity index is 1.84. The fraction of sp³-hybridized carbons (Fsp3) is 0.261. The minimum atomic E-state index is -0.0745. The number of nitrogens with zero attached hydrogens (tertiary/aromatic N) is 4. The second-order valence-electron chi connectivity index (χ2n) is 7.05. The first-order valence-corrected chi connectivity index (χ1v) is 9.66. The molecular formula is C23H22N4O. The summed E-state index contributed by atoms with van der Waals surface area (Å²) in [6, 6.07) is 19.3. The molecule has 1 aliphatic heterocycles. The highest BCUT2D eigenvalue weighted by Gasteiger charge is 2.20. The van der Waals surface area contributed by atoms with E-state index in [1.165, 1.54) is 6.42 Å². The maximum Gasteiger partial charge on any atom is 0.263 e. The number of piperidine rings is 1. The molecule has 140 valence electrons. The number of anilines is 1. The number of hydrogen-bond donors (Lipinski definition) is 0. The lowest BCUT2D eigenvalue weighted by atomic mass is 10.1. The third kappa shape index (κ3) is 3.54. The van der Waals surface area contributed by atoms with Crippen molar-refractivity contribution in [3.63, 3.8) is 0 Å². The summed E-state index contributed by atoms with van der Waals surface area (Å²) in [5, 5.41) is 9.45. The Morgan fingerprint density at radius 2 is 1.68 bits per heavy atom. The topological polar surface area (TPSA) is 61.9 Å². The molecule has 5 nitrogen and oxygen atoms in total. The van der Waals surface area contributed by atoms with Gasteiger partial charge >= 0.3 is 0 Å². The van der Waals surface area contributed by atoms with Crippen LogP contribution in [0.4, 0.5) is 5.95 Å². The van der Waals surface area contributed by atoms with Crippen LogP contribution in [0.3, 0.4) is 0 Å². The molecule has 2 aromatic carbocycles. The molecule has 1 aliphatic rings. The molecule has 0 N–H and O–H groups in total. The van der Waals surface area contributed by atoms with E-state index < -0.39 is 0 Å². The van der Waals surface area contributed by atoms with Gasteiger partial charge in [0.1, 0.15) is 0 Å². The van der Waals surface area contributed by atoms with Crippen molar-refractivity contribution in [1.29, 1.82) is 5.26 Å². The lowest BCUT2D eigenvalue weighted by Crippen LogP contribution is -2.37. The fourth-order valence-corrected chi connectivity index (χ4v) is 3.73. The SMILES string of the molecule is N#Cc1ccccc1Cn1c(N2CCCCC2)ncc(-c2ccccc2)c1=O. The van der Waals surface area contributed by atoms with Crippen LogP contribution in [0.5, 0.6) is 0 Å². The number of hydrogen-bond acceptors (Lipinski definition) is 4. The molecule has 0 aliphatic carbocycles. The van der Waals surface area contributed by atoms with Gasteiger partial charge in [-0.1, -0.05) is 48.5 Å². The molecule has 1 saturated heterocycles. The van der Waals surface area contributed by atoms with Gasteiger partial charge in [0.25, 0.3) is 5.56 Å². The summed E-state index contributed by atoms with van der Waals surface area (Å²) in [6.45, 7) is 2.14. The standard InChI is InChI=1S/C23H22N4O/c24-15-19-11-5-6-12-20(19)17-27-22(28)21(18-9-3-1-4-10-18)16-25-23(27)26-13-7-2-8-14-26/h1,3-6,9-12,16H,2,7-8,13-14,17H2. The first-order chi connectivity index (χ1) is 13.8.